The number of H-pyrrole nitrogens is 1. The first-order valence-electron chi connectivity index (χ1n) is 8.77. The van der Waals surface area contributed by atoms with E-state index in [1.807, 2.05) is 50.2 Å². The third-order valence-electron chi connectivity index (χ3n) is 4.81. The molecule has 0 fully saturated rings. The molecule has 1 N–H and O–H groups in total. The van der Waals surface area contributed by atoms with Gasteiger partial charge >= 0.3 is 0 Å². The van der Waals surface area contributed by atoms with Crippen molar-refractivity contribution < 1.29 is 4.79 Å². The summed E-state index contributed by atoms with van der Waals surface area (Å²) in [6, 6.07) is 4.03. The molecule has 0 aliphatic rings. The monoisotopic (exact) mass is 372 g/mol. The fourth-order valence-electron chi connectivity index (χ4n) is 3.41. The molecule has 0 unspecified atom stereocenters. The van der Waals surface area contributed by atoms with Crippen LogP contribution in [0, 0.1) is 13.8 Å². The average Bonchev–Trinajstić information content (AvgIpc) is 3.20. The Morgan fingerprint density at radius 3 is 2.81 bits per heavy atom. The molecule has 3 aromatic heterocycles. The Hall–Kier alpha value is -2.41. The predicted molar refractivity (Wildman–Crippen MR) is 105 cm³/mol. The van der Waals surface area contributed by atoms with Gasteiger partial charge in [-0.25, -0.2) is 0 Å². The predicted octanol–water partition coefficient (Wildman–Crippen LogP) is 2.92. The normalized spacial score (nSPS) is 11.2. The molecule has 7 heteroatoms. The Morgan fingerprint density at radius 2 is 2.15 bits per heavy atom. The van der Waals surface area contributed by atoms with Crippen molar-refractivity contribution in [1.29, 1.82) is 0 Å². The average molecular weight is 372 g/mol. The lowest BCUT2D eigenvalue weighted by molar-refractivity contribution is -0.131. The van der Waals surface area contributed by atoms with Crippen LogP contribution in [0.1, 0.15) is 35.0 Å². The fraction of sp³-hybridized carbons (Fsp3) is 0.421. The van der Waals surface area contributed by atoms with Crippen LogP contribution in [-0.4, -0.2) is 32.1 Å². The Labute approximate surface area is 156 Å². The lowest BCUT2D eigenvalue weighted by Gasteiger charge is -2.20. The maximum atomic E-state index is 12.6. The van der Waals surface area contributed by atoms with Gasteiger partial charge in [-0.15, -0.1) is 11.3 Å². The summed E-state index contributed by atoms with van der Waals surface area (Å²) >= 11 is 1.65. The molecule has 138 valence electrons. The van der Waals surface area contributed by atoms with Crippen LogP contribution in [0.5, 0.6) is 0 Å². The van der Waals surface area contributed by atoms with Crippen LogP contribution in [0.4, 0.5) is 0 Å². The zero-order chi connectivity index (χ0) is 18.8. The number of amides is 1. The van der Waals surface area contributed by atoms with Gasteiger partial charge in [-0.1, -0.05) is 6.07 Å². The van der Waals surface area contributed by atoms with Crippen LogP contribution < -0.4 is 5.56 Å². The number of hydrogen-bond acceptors (Lipinski definition) is 4. The zero-order valence-corrected chi connectivity index (χ0v) is 16.4. The third-order valence-corrected chi connectivity index (χ3v) is 5.67. The van der Waals surface area contributed by atoms with Crippen molar-refractivity contribution in [3.63, 3.8) is 0 Å². The van der Waals surface area contributed by atoms with Gasteiger partial charge in [0.25, 0.3) is 5.56 Å². The van der Waals surface area contributed by atoms with Crippen molar-refractivity contribution >= 4 is 28.3 Å². The number of rotatable bonds is 6. The number of carbonyl (C=O) groups excluding carboxylic acids is 1. The van der Waals surface area contributed by atoms with Crippen LogP contribution >= 0.6 is 11.3 Å². The maximum absolute atomic E-state index is 12.6. The summed E-state index contributed by atoms with van der Waals surface area (Å²) < 4.78 is 1.69. The van der Waals surface area contributed by atoms with Crippen molar-refractivity contribution in [1.82, 2.24) is 19.7 Å². The Morgan fingerprint density at radius 1 is 1.38 bits per heavy atom. The van der Waals surface area contributed by atoms with Gasteiger partial charge in [0.1, 0.15) is 5.65 Å². The van der Waals surface area contributed by atoms with E-state index >= 15 is 0 Å². The van der Waals surface area contributed by atoms with Crippen LogP contribution in [0.3, 0.4) is 0 Å². The van der Waals surface area contributed by atoms with Crippen molar-refractivity contribution in [2.24, 2.45) is 7.05 Å². The summed E-state index contributed by atoms with van der Waals surface area (Å²) in [6.07, 6.45) is 0.763. The minimum atomic E-state index is -0.132. The molecule has 0 radical (unpaired) electrons. The van der Waals surface area contributed by atoms with Crippen molar-refractivity contribution in [2.75, 3.05) is 6.54 Å². The summed E-state index contributed by atoms with van der Waals surface area (Å²) in [5.74, 6) is 0.0719. The fourth-order valence-corrected chi connectivity index (χ4v) is 4.13. The standard InChI is InChI=1S/C19H24N4O2S/c1-5-23(11-14-7-6-10-26-14)16(24)9-8-15-12(2)17-13(3)21-22(4)18(17)20-19(15)25/h6-7,10H,5,8-9,11H2,1-4H3,(H,20,25). The van der Waals surface area contributed by atoms with Crippen LogP contribution in [-0.2, 0) is 24.8 Å². The number of nitrogens with one attached hydrogen (secondary N) is 1. The highest BCUT2D eigenvalue weighted by atomic mass is 32.1. The first-order chi connectivity index (χ1) is 12.4. The van der Waals surface area contributed by atoms with E-state index in [1.165, 1.54) is 4.88 Å². The van der Waals surface area contributed by atoms with Crippen LogP contribution in [0.2, 0.25) is 0 Å². The topological polar surface area (TPSA) is 71.0 Å². The van der Waals surface area contributed by atoms with Crippen LogP contribution in [0.25, 0.3) is 11.0 Å². The first kappa shape index (κ1) is 18.4. The second-order valence-corrected chi connectivity index (χ2v) is 7.51. The molecule has 0 aliphatic heterocycles. The van der Waals surface area contributed by atoms with E-state index in [1.54, 1.807) is 16.0 Å². The highest BCUT2D eigenvalue weighted by Crippen LogP contribution is 2.21. The van der Waals surface area contributed by atoms with Gasteiger partial charge in [0.2, 0.25) is 5.91 Å². The highest BCUT2D eigenvalue weighted by Gasteiger charge is 2.18. The second-order valence-electron chi connectivity index (χ2n) is 6.48. The Balaban J connectivity index is 1.79. The minimum Gasteiger partial charge on any atom is -0.338 e. The van der Waals surface area contributed by atoms with E-state index in [2.05, 4.69) is 10.1 Å². The molecule has 0 aliphatic carbocycles. The molecule has 0 bridgehead atoms. The van der Waals surface area contributed by atoms with Crippen molar-refractivity contribution in [3.05, 3.63) is 49.6 Å². The minimum absolute atomic E-state index is 0.0719. The molecule has 6 nitrogen and oxygen atoms in total. The largest absolute Gasteiger partial charge is 0.338 e. The molecule has 3 aromatic rings. The van der Waals surface area contributed by atoms with E-state index in [0.29, 0.717) is 31.5 Å². The first-order valence-corrected chi connectivity index (χ1v) is 9.65. The van der Waals surface area contributed by atoms with Gasteiger partial charge in [-0.3, -0.25) is 14.3 Å². The summed E-state index contributed by atoms with van der Waals surface area (Å²) in [6.45, 7) is 7.14. The van der Waals surface area contributed by atoms with E-state index in [-0.39, 0.29) is 11.5 Å². The number of nitrogens with zero attached hydrogens (tertiary/aromatic N) is 3. The number of thiophene rings is 1. The summed E-state index contributed by atoms with van der Waals surface area (Å²) in [5.41, 5.74) is 3.08. The number of aryl methyl sites for hydroxylation is 3. The van der Waals surface area contributed by atoms with Gasteiger partial charge < -0.3 is 9.88 Å². The molecule has 0 spiro atoms. The highest BCUT2D eigenvalue weighted by molar-refractivity contribution is 7.09. The summed E-state index contributed by atoms with van der Waals surface area (Å²) in [5, 5.41) is 7.37. The van der Waals surface area contributed by atoms with E-state index in [0.717, 1.165) is 22.3 Å². The SMILES string of the molecule is CCN(Cc1cccs1)C(=O)CCc1c(C)c2c(C)nn(C)c2[nH]c1=O. The smallest absolute Gasteiger partial charge is 0.253 e. The number of hydrogen-bond donors (Lipinski definition) is 1. The molecule has 0 saturated carbocycles. The number of fused-ring (bicyclic) bond motifs is 1. The Kier molecular flexibility index (Phi) is 5.27. The summed E-state index contributed by atoms with van der Waals surface area (Å²) in [4.78, 5) is 31.1. The molecule has 0 saturated heterocycles. The number of aromatic amines is 1. The van der Waals surface area contributed by atoms with Crippen molar-refractivity contribution in [2.45, 2.75) is 40.2 Å². The molecule has 0 aromatic carbocycles. The molecule has 0 atom stereocenters. The van der Waals surface area contributed by atoms with Gasteiger partial charge in [0.15, 0.2) is 0 Å². The summed E-state index contributed by atoms with van der Waals surface area (Å²) in [7, 11) is 1.82. The third kappa shape index (κ3) is 3.44. The second kappa shape index (κ2) is 7.45. The van der Waals surface area contributed by atoms with E-state index in [4.69, 9.17) is 0 Å². The number of pyridine rings is 1. The molecule has 1 amide bonds. The lowest BCUT2D eigenvalue weighted by Crippen LogP contribution is -2.30. The van der Waals surface area contributed by atoms with E-state index < -0.39 is 0 Å². The molecule has 3 rings (SSSR count). The lowest BCUT2D eigenvalue weighted by atomic mass is 10.0. The molecule has 3 heterocycles. The van der Waals surface area contributed by atoms with Gasteiger partial charge in [-0.05, 0) is 44.2 Å². The quantitative estimate of drug-likeness (QED) is 0.723. The number of aromatic nitrogens is 3. The van der Waals surface area contributed by atoms with Crippen LogP contribution in [0.15, 0.2) is 22.3 Å². The van der Waals surface area contributed by atoms with Crippen molar-refractivity contribution in [3.8, 4) is 0 Å². The van der Waals surface area contributed by atoms with Gasteiger partial charge in [0, 0.05) is 35.8 Å². The molecule has 26 heavy (non-hydrogen) atoms. The zero-order valence-electron chi connectivity index (χ0n) is 15.6. The van der Waals surface area contributed by atoms with Gasteiger partial charge in [-0.2, -0.15) is 5.10 Å². The maximum Gasteiger partial charge on any atom is 0.253 e. The Bertz CT molecular complexity index is 985. The molecular formula is C19H24N4O2S. The van der Waals surface area contributed by atoms with E-state index in [9.17, 15) is 9.59 Å². The number of carbonyl (C=O) groups is 1. The molecular weight excluding hydrogens is 348 g/mol. The van der Waals surface area contributed by atoms with Gasteiger partial charge in [0.05, 0.1) is 12.2 Å².